The number of nitrogens with zero attached hydrogens (tertiary/aromatic N) is 2. The monoisotopic (exact) mass is 829 g/mol. The number of fused-ring (bicyclic) bond motifs is 14. The second-order valence-electron chi connectivity index (χ2n) is 18.3. The first-order chi connectivity index (χ1) is 30.3. The lowest BCUT2D eigenvalue weighted by atomic mass is 9.66. The van der Waals surface area contributed by atoms with Crippen LogP contribution in [0.15, 0.2) is 90.8 Å². The van der Waals surface area contributed by atoms with E-state index >= 15 is 4.79 Å². The maximum absolute atomic E-state index is 15.6. The quantitative estimate of drug-likeness (QED) is 0.125. The smallest absolute Gasteiger partial charge is 0.161 e. The minimum absolute atomic E-state index is 0.0321. The fourth-order valence-corrected chi connectivity index (χ4v) is 11.3. The Kier molecular flexibility index (Phi) is 11.2. The fourth-order valence-electron chi connectivity index (χ4n) is 11.3. The second kappa shape index (κ2) is 17.2. The number of Topliss-reactive ketones (excluding diaryl/α,β-unsaturated/α-hetero) is 2. The summed E-state index contributed by atoms with van der Waals surface area (Å²) >= 11 is 0. The first-order valence-corrected chi connectivity index (χ1v) is 22.8. The molecule has 0 saturated heterocycles. The normalized spacial score (nSPS) is 25.0. The minimum Gasteiger partial charge on any atom is -0.664 e. The van der Waals surface area contributed by atoms with Gasteiger partial charge in [-0.3, -0.25) is 9.59 Å². The average Bonchev–Trinajstić information content (AvgIpc) is 4.03. The van der Waals surface area contributed by atoms with Crippen molar-refractivity contribution < 1.29 is 29.6 Å². The summed E-state index contributed by atoms with van der Waals surface area (Å²) in [5, 5.41) is 38.4. The number of aromatic nitrogens is 2. The summed E-state index contributed by atoms with van der Waals surface area (Å²) in [6.45, 7) is -0.295. The Hall–Kier alpha value is -5.80. The third-order valence-electron chi connectivity index (χ3n) is 14.5. The maximum atomic E-state index is 15.6. The molecule has 1 saturated carbocycles. The Morgan fingerprint density at radius 3 is 2.58 bits per heavy atom. The van der Waals surface area contributed by atoms with Crippen LogP contribution >= 0.6 is 0 Å². The van der Waals surface area contributed by atoms with E-state index in [2.05, 4.69) is 53.5 Å². The first-order valence-electron chi connectivity index (χ1n) is 22.8. The topological polar surface area (TPSA) is 148 Å². The van der Waals surface area contributed by atoms with Gasteiger partial charge in [0.15, 0.2) is 17.3 Å². The molecule has 0 radical (unpaired) electrons. The van der Waals surface area contributed by atoms with Crippen LogP contribution in [0.1, 0.15) is 126 Å². The van der Waals surface area contributed by atoms with Crippen molar-refractivity contribution in [3.05, 3.63) is 146 Å². The van der Waals surface area contributed by atoms with Gasteiger partial charge in [0, 0.05) is 42.4 Å². The van der Waals surface area contributed by atoms with Crippen LogP contribution in [-0.4, -0.2) is 50.6 Å². The van der Waals surface area contributed by atoms with E-state index in [1.54, 1.807) is 6.07 Å². The third-order valence-corrected chi connectivity index (χ3v) is 14.5. The summed E-state index contributed by atoms with van der Waals surface area (Å²) in [7, 11) is 0. The van der Waals surface area contributed by atoms with Crippen LogP contribution in [0.2, 0.25) is 0 Å². The molecule has 10 rings (SSSR count). The molecule has 6 atom stereocenters. The molecule has 3 aromatic carbocycles. The Labute approximate surface area is 363 Å². The summed E-state index contributed by atoms with van der Waals surface area (Å²) in [4.78, 5) is 38.6. The second-order valence-corrected chi connectivity index (χ2v) is 18.3. The minimum atomic E-state index is -1.02. The van der Waals surface area contributed by atoms with Gasteiger partial charge in [-0.05, 0) is 128 Å². The Balaban J connectivity index is 1.08. The van der Waals surface area contributed by atoms with E-state index in [-0.39, 0.29) is 72.4 Å². The Morgan fingerprint density at radius 2 is 1.71 bits per heavy atom. The molecule has 9 heteroatoms. The number of aromatic amines is 1. The number of hydrogen-bond acceptors (Lipinski definition) is 6. The number of H-pyrrole nitrogens is 1. The number of ketones is 2. The standard InChI is InChI=1S/C53H55N3O6/c57-24-21-42-48(59)18-13-33-27-36(51(60)49(29-33)62-37-8-1-2-9-37)26-32-5-3-7-35(25-32)38-16-17-45(56-53-41(38)20-23-55-53)44-30-46-40(19-22-54-46)43(50(44)52(42)61)28-31-11-14-34-6-4-10-47(58)39(34)15-12-31/h3-7,10,12,15,19-20,22-23,25,27,29-31,37-38,42-43,45,50,55,57-58,60H,1-2,8-9,11,13-14,16-18,21,24,26,28H2/q-2/t31-,38-,42-,43+,45+,50+/m0/s1. The van der Waals surface area contributed by atoms with Crippen molar-refractivity contribution in [2.75, 3.05) is 6.61 Å². The number of aliphatic hydroxyl groups is 1. The molecule has 320 valence electrons. The van der Waals surface area contributed by atoms with Gasteiger partial charge < -0.3 is 35.3 Å². The number of carbonyl (C=O) groups is 2. The van der Waals surface area contributed by atoms with Crippen LogP contribution < -0.4 is 9.72 Å². The molecule has 2 aromatic heterocycles. The summed E-state index contributed by atoms with van der Waals surface area (Å²) in [5.74, 6) is -0.579. The van der Waals surface area contributed by atoms with E-state index in [0.29, 0.717) is 31.4 Å². The molecule has 9 nitrogen and oxygen atoms in total. The zero-order valence-corrected chi connectivity index (χ0v) is 35.1. The van der Waals surface area contributed by atoms with E-state index in [1.165, 1.54) is 5.56 Å². The van der Waals surface area contributed by atoms with E-state index in [4.69, 9.17) is 15.0 Å². The van der Waals surface area contributed by atoms with E-state index in [0.717, 1.165) is 101 Å². The van der Waals surface area contributed by atoms with Gasteiger partial charge in [-0.2, -0.15) is 6.20 Å². The SMILES string of the molecule is O=C1CCc2cc(c(O)c(OC3CCCC3)c2)Cc2cccc(c2)[C@@H]2CC[C@@H]([N-]c3[nH]ccc32)C2=Cc3[n-]ccc3[C@@H](C[C@@H]3C=Cc4c(O)cccc4CC3)[C@H]2C(=O)[C@H]1CCO. The van der Waals surface area contributed by atoms with Crippen molar-refractivity contribution >= 4 is 29.5 Å². The molecule has 62 heavy (non-hydrogen) atoms. The molecule has 4 N–H and O–H groups in total. The van der Waals surface area contributed by atoms with Crippen LogP contribution in [0, 0.1) is 17.8 Å². The lowest BCUT2D eigenvalue weighted by molar-refractivity contribution is -0.135. The summed E-state index contributed by atoms with van der Waals surface area (Å²) < 4.78 is 6.46. The van der Waals surface area contributed by atoms with Crippen molar-refractivity contribution in [2.24, 2.45) is 17.8 Å². The van der Waals surface area contributed by atoms with E-state index in [9.17, 15) is 20.1 Å². The summed E-state index contributed by atoms with van der Waals surface area (Å²) in [6.07, 6.45) is 18.9. The summed E-state index contributed by atoms with van der Waals surface area (Å²) in [6, 6.07) is 22.0. The number of ether oxygens (including phenoxy) is 1. The van der Waals surface area contributed by atoms with E-state index in [1.807, 2.05) is 42.7 Å². The van der Waals surface area contributed by atoms with Crippen molar-refractivity contribution in [1.82, 2.24) is 9.97 Å². The van der Waals surface area contributed by atoms with Crippen molar-refractivity contribution in [3.63, 3.8) is 0 Å². The van der Waals surface area contributed by atoms with Crippen LogP contribution in [0.5, 0.6) is 17.2 Å². The van der Waals surface area contributed by atoms with Gasteiger partial charge in [-0.25, -0.2) is 0 Å². The zero-order chi connectivity index (χ0) is 42.3. The highest BCUT2D eigenvalue weighted by Crippen LogP contribution is 2.51. The number of aliphatic hydroxyl groups excluding tert-OH is 1. The highest BCUT2D eigenvalue weighted by molar-refractivity contribution is 6.05. The first kappa shape index (κ1) is 40.3. The molecule has 5 aromatic rings. The number of phenolic OH excluding ortho intramolecular Hbond substituents is 2. The number of aromatic hydroxyl groups is 2. The number of aryl methyl sites for hydroxylation is 2. The number of carbonyl (C=O) groups excluding carboxylic acids is 2. The van der Waals surface area contributed by atoms with Gasteiger partial charge in [-0.1, -0.05) is 96.0 Å². The van der Waals surface area contributed by atoms with Gasteiger partial charge in [0.25, 0.3) is 0 Å². The largest absolute Gasteiger partial charge is 0.664 e. The maximum Gasteiger partial charge on any atom is 0.161 e. The van der Waals surface area contributed by atoms with Crippen LogP contribution in [0.25, 0.3) is 17.5 Å². The number of hydrogen-bond donors (Lipinski definition) is 4. The average molecular weight is 830 g/mol. The number of benzene rings is 3. The highest BCUT2D eigenvalue weighted by Gasteiger charge is 2.43. The predicted molar refractivity (Wildman–Crippen MR) is 240 cm³/mol. The molecule has 6 bridgehead atoms. The number of nitrogens with one attached hydrogen (secondary N) is 1. The molecule has 5 aliphatic rings. The molecule has 3 heterocycles. The van der Waals surface area contributed by atoms with Gasteiger partial charge in [-0.15, -0.1) is 5.69 Å². The Bertz CT molecular complexity index is 2540. The Morgan fingerprint density at radius 1 is 0.839 bits per heavy atom. The highest BCUT2D eigenvalue weighted by atomic mass is 16.5. The van der Waals surface area contributed by atoms with Gasteiger partial charge in [0.2, 0.25) is 0 Å². The van der Waals surface area contributed by atoms with Crippen molar-refractivity contribution in [2.45, 2.75) is 107 Å². The molecular formula is C53H55N3O6-2. The van der Waals surface area contributed by atoms with Crippen molar-refractivity contribution in [3.8, 4) is 17.2 Å². The van der Waals surface area contributed by atoms with Crippen LogP contribution in [-0.2, 0) is 28.9 Å². The molecule has 4 aliphatic carbocycles. The fraction of sp³-hybridized carbons (Fsp3) is 0.396. The lowest BCUT2D eigenvalue weighted by Gasteiger charge is -2.41. The number of rotatable bonds is 6. The van der Waals surface area contributed by atoms with Crippen LogP contribution in [0.3, 0.4) is 0 Å². The van der Waals surface area contributed by atoms with Gasteiger partial charge in [0.1, 0.15) is 11.5 Å². The molecule has 1 fully saturated rings. The lowest BCUT2D eigenvalue weighted by Crippen LogP contribution is -2.39. The van der Waals surface area contributed by atoms with Crippen LogP contribution in [0.4, 0.5) is 5.82 Å². The van der Waals surface area contributed by atoms with E-state index < -0.39 is 11.8 Å². The molecule has 0 amide bonds. The zero-order valence-electron chi connectivity index (χ0n) is 35.1. The molecule has 0 unspecified atom stereocenters. The molecule has 1 aliphatic heterocycles. The van der Waals surface area contributed by atoms with Crippen molar-refractivity contribution in [1.29, 1.82) is 0 Å². The molecular weight excluding hydrogens is 775 g/mol. The summed E-state index contributed by atoms with van der Waals surface area (Å²) in [5.41, 5.74) is 9.61. The molecule has 0 spiro atoms. The predicted octanol–water partition coefficient (Wildman–Crippen LogP) is 10.1. The van der Waals surface area contributed by atoms with Gasteiger partial charge >= 0.3 is 0 Å². The van der Waals surface area contributed by atoms with Gasteiger partial charge in [0.05, 0.1) is 12.0 Å². The number of phenols is 2. The number of allylic oxidation sites excluding steroid dienone is 1. The third kappa shape index (κ3) is 7.80.